The first kappa shape index (κ1) is 6.78. The predicted molar refractivity (Wildman–Crippen MR) is 37.2 cm³/mol. The molecule has 0 aliphatic carbocycles. The minimum absolute atomic E-state index is 0.238. The molecule has 0 radical (unpaired) electrons. The maximum absolute atomic E-state index is 5.29. The molecule has 1 saturated heterocycles. The van der Waals surface area contributed by atoms with Gasteiger partial charge in [0.25, 0.3) is 0 Å². The van der Waals surface area contributed by atoms with Crippen molar-refractivity contribution < 1.29 is 4.74 Å². The van der Waals surface area contributed by atoms with Gasteiger partial charge in [-0.05, 0) is 6.92 Å². The number of hydrogen-bond donors (Lipinski definition) is 1. The van der Waals surface area contributed by atoms with Crippen LogP contribution in [-0.4, -0.2) is 19.4 Å². The van der Waals surface area contributed by atoms with E-state index in [1.54, 1.807) is 0 Å². The zero-order valence-electron chi connectivity index (χ0n) is 5.81. The molecule has 1 N–H and O–H groups in total. The highest BCUT2D eigenvalue weighted by Crippen LogP contribution is 2.05. The van der Waals surface area contributed by atoms with E-state index in [0.717, 1.165) is 19.6 Å². The normalized spacial score (nSPS) is 26.6. The van der Waals surface area contributed by atoms with Crippen molar-refractivity contribution in [1.29, 1.82) is 0 Å². The number of ether oxygens (including phenoxy) is 1. The summed E-state index contributed by atoms with van der Waals surface area (Å²) < 4.78 is 5.29. The lowest BCUT2D eigenvalue weighted by molar-refractivity contribution is 0.102. The average molecular weight is 127 g/mol. The molecule has 1 unspecified atom stereocenters. The molecule has 0 spiro atoms. The Bertz CT molecular complexity index is 105. The summed E-state index contributed by atoms with van der Waals surface area (Å²) in [6.07, 6.45) is 1.18. The fraction of sp³-hybridized carbons (Fsp3) is 0.714. The topological polar surface area (TPSA) is 21.3 Å². The van der Waals surface area contributed by atoms with Gasteiger partial charge in [0.2, 0.25) is 0 Å². The SMILES string of the molecule is C=C(C)CC1NCCO1. The first-order valence-corrected chi connectivity index (χ1v) is 3.28. The largest absolute Gasteiger partial charge is 0.362 e. The molecule has 1 fully saturated rings. The van der Waals surface area contributed by atoms with Gasteiger partial charge in [-0.3, -0.25) is 5.32 Å². The molecule has 0 amide bonds. The highest BCUT2D eigenvalue weighted by molar-refractivity contribution is 4.91. The van der Waals surface area contributed by atoms with E-state index < -0.39 is 0 Å². The van der Waals surface area contributed by atoms with Crippen LogP contribution in [0.15, 0.2) is 12.2 Å². The summed E-state index contributed by atoms with van der Waals surface area (Å²) in [5.41, 5.74) is 1.18. The lowest BCUT2D eigenvalue weighted by Crippen LogP contribution is -2.22. The van der Waals surface area contributed by atoms with E-state index in [2.05, 4.69) is 11.9 Å². The summed E-state index contributed by atoms with van der Waals surface area (Å²) in [5.74, 6) is 0. The number of nitrogens with one attached hydrogen (secondary N) is 1. The average Bonchev–Trinajstić information content (AvgIpc) is 2.15. The number of hydrogen-bond acceptors (Lipinski definition) is 2. The summed E-state index contributed by atoms with van der Waals surface area (Å²) in [6.45, 7) is 7.65. The second-order valence-electron chi connectivity index (χ2n) is 2.47. The Morgan fingerprint density at radius 2 is 2.67 bits per heavy atom. The van der Waals surface area contributed by atoms with Crippen LogP contribution in [0.2, 0.25) is 0 Å². The van der Waals surface area contributed by atoms with Gasteiger partial charge in [0.1, 0.15) is 6.23 Å². The Morgan fingerprint density at radius 1 is 1.89 bits per heavy atom. The molecule has 52 valence electrons. The van der Waals surface area contributed by atoms with E-state index in [4.69, 9.17) is 4.74 Å². The summed E-state index contributed by atoms with van der Waals surface area (Å²) in [4.78, 5) is 0. The first-order chi connectivity index (χ1) is 4.29. The quantitative estimate of drug-likeness (QED) is 0.556. The maximum Gasteiger partial charge on any atom is 0.111 e. The molecule has 9 heavy (non-hydrogen) atoms. The van der Waals surface area contributed by atoms with Crippen molar-refractivity contribution in [2.75, 3.05) is 13.2 Å². The molecule has 0 bridgehead atoms. The van der Waals surface area contributed by atoms with E-state index in [-0.39, 0.29) is 6.23 Å². The lowest BCUT2D eigenvalue weighted by Gasteiger charge is -2.07. The molecule has 1 heterocycles. The van der Waals surface area contributed by atoms with Gasteiger partial charge in [-0.25, -0.2) is 0 Å². The van der Waals surface area contributed by atoms with Gasteiger partial charge in [-0.2, -0.15) is 0 Å². The fourth-order valence-electron chi connectivity index (χ4n) is 0.928. The molecule has 1 rings (SSSR count). The second kappa shape index (κ2) is 2.99. The van der Waals surface area contributed by atoms with Gasteiger partial charge < -0.3 is 4.74 Å². The third-order valence-electron chi connectivity index (χ3n) is 1.33. The first-order valence-electron chi connectivity index (χ1n) is 3.28. The van der Waals surface area contributed by atoms with Crippen LogP contribution >= 0.6 is 0 Å². The summed E-state index contributed by atoms with van der Waals surface area (Å²) >= 11 is 0. The lowest BCUT2D eigenvalue weighted by atomic mass is 10.2. The fourth-order valence-corrected chi connectivity index (χ4v) is 0.928. The molecule has 0 saturated carbocycles. The molecule has 2 heteroatoms. The highest BCUT2D eigenvalue weighted by Gasteiger charge is 2.12. The molecule has 1 atom stereocenters. The van der Waals surface area contributed by atoms with E-state index in [0.29, 0.717) is 0 Å². The monoisotopic (exact) mass is 127 g/mol. The zero-order chi connectivity index (χ0) is 6.69. The Hall–Kier alpha value is -0.340. The third kappa shape index (κ3) is 2.16. The minimum Gasteiger partial charge on any atom is -0.362 e. The van der Waals surface area contributed by atoms with Gasteiger partial charge in [0.15, 0.2) is 0 Å². The molecular formula is C7H13NO. The van der Waals surface area contributed by atoms with Crippen molar-refractivity contribution in [3.05, 3.63) is 12.2 Å². The van der Waals surface area contributed by atoms with Crippen LogP contribution in [0.5, 0.6) is 0 Å². The predicted octanol–water partition coefficient (Wildman–Crippen LogP) is 0.899. The van der Waals surface area contributed by atoms with Gasteiger partial charge >= 0.3 is 0 Å². The van der Waals surface area contributed by atoms with Crippen molar-refractivity contribution >= 4 is 0 Å². The van der Waals surface area contributed by atoms with Crippen molar-refractivity contribution in [1.82, 2.24) is 5.32 Å². The van der Waals surface area contributed by atoms with Crippen molar-refractivity contribution in [2.24, 2.45) is 0 Å². The summed E-state index contributed by atoms with van der Waals surface area (Å²) in [5, 5.41) is 3.20. The van der Waals surface area contributed by atoms with Crippen molar-refractivity contribution in [3.63, 3.8) is 0 Å². The van der Waals surface area contributed by atoms with E-state index >= 15 is 0 Å². The van der Waals surface area contributed by atoms with Crippen molar-refractivity contribution in [2.45, 2.75) is 19.6 Å². The molecule has 0 aromatic heterocycles. The molecule has 2 nitrogen and oxygen atoms in total. The molecule has 0 aromatic carbocycles. The molecule has 1 aliphatic heterocycles. The van der Waals surface area contributed by atoms with Gasteiger partial charge in [-0.15, -0.1) is 0 Å². The smallest absolute Gasteiger partial charge is 0.111 e. The highest BCUT2D eigenvalue weighted by atomic mass is 16.5. The number of rotatable bonds is 2. The Kier molecular flexibility index (Phi) is 2.25. The maximum atomic E-state index is 5.29. The van der Waals surface area contributed by atoms with Gasteiger partial charge in [0, 0.05) is 13.0 Å². The zero-order valence-corrected chi connectivity index (χ0v) is 5.81. The van der Waals surface area contributed by atoms with E-state index in [9.17, 15) is 0 Å². The van der Waals surface area contributed by atoms with E-state index in [1.165, 1.54) is 5.57 Å². The van der Waals surface area contributed by atoms with Gasteiger partial charge in [-0.1, -0.05) is 12.2 Å². The van der Waals surface area contributed by atoms with Gasteiger partial charge in [0.05, 0.1) is 6.61 Å². The van der Waals surface area contributed by atoms with Crippen LogP contribution in [0.25, 0.3) is 0 Å². The Morgan fingerprint density at radius 3 is 3.11 bits per heavy atom. The third-order valence-corrected chi connectivity index (χ3v) is 1.33. The molecular weight excluding hydrogens is 114 g/mol. The van der Waals surface area contributed by atoms with Crippen LogP contribution in [0, 0.1) is 0 Å². The van der Waals surface area contributed by atoms with Crippen LogP contribution in [0.4, 0.5) is 0 Å². The van der Waals surface area contributed by atoms with Crippen molar-refractivity contribution in [3.8, 4) is 0 Å². The van der Waals surface area contributed by atoms with Crippen LogP contribution in [0.3, 0.4) is 0 Å². The summed E-state index contributed by atoms with van der Waals surface area (Å²) in [6, 6.07) is 0. The van der Waals surface area contributed by atoms with Crippen LogP contribution in [0.1, 0.15) is 13.3 Å². The summed E-state index contributed by atoms with van der Waals surface area (Å²) in [7, 11) is 0. The van der Waals surface area contributed by atoms with E-state index in [1.807, 2.05) is 6.92 Å². The second-order valence-corrected chi connectivity index (χ2v) is 2.47. The minimum atomic E-state index is 0.238. The molecule has 0 aromatic rings. The Balaban J connectivity index is 2.19. The standard InChI is InChI=1S/C7H13NO/c1-6(2)5-7-8-3-4-9-7/h7-8H,1,3-5H2,2H3. The molecule has 1 aliphatic rings. The van der Waals surface area contributed by atoms with Crippen LogP contribution in [-0.2, 0) is 4.74 Å². The van der Waals surface area contributed by atoms with Crippen LogP contribution < -0.4 is 5.32 Å². The Labute approximate surface area is 55.9 Å².